The van der Waals surface area contributed by atoms with E-state index in [0.29, 0.717) is 0 Å². The van der Waals surface area contributed by atoms with E-state index in [2.05, 4.69) is 11.0 Å². The van der Waals surface area contributed by atoms with Crippen molar-refractivity contribution in [1.29, 1.82) is 0 Å². The van der Waals surface area contributed by atoms with Gasteiger partial charge < -0.3 is 0 Å². The minimum atomic E-state index is -0.725. The average molecular weight is 372 g/mol. The number of thiazole rings is 1. The first kappa shape index (κ1) is 17.1. The standard InChI is InChI=1S/C18H20N4O3S/c1-2-21-16(23)17(24)22(18(21)25)11-20-9-5-6-12(10-20)15-19-13-7-3-4-8-14(13)26-15/h3-4,7-8,12H,2,5-6,9-11H2,1H3/t12-/m1/s1. The minimum absolute atomic E-state index is 0.168. The van der Waals surface area contributed by atoms with Gasteiger partial charge in [-0.05, 0) is 38.4 Å². The minimum Gasteiger partial charge on any atom is -0.285 e. The molecule has 2 aromatic rings. The molecule has 2 fully saturated rings. The first-order valence-corrected chi connectivity index (χ1v) is 9.65. The molecule has 3 heterocycles. The largest absolute Gasteiger partial charge is 0.335 e. The van der Waals surface area contributed by atoms with Gasteiger partial charge in [0.15, 0.2) is 0 Å². The zero-order valence-corrected chi connectivity index (χ0v) is 15.4. The molecule has 0 spiro atoms. The maximum Gasteiger partial charge on any atom is 0.335 e. The zero-order chi connectivity index (χ0) is 18.3. The molecule has 0 saturated carbocycles. The van der Waals surface area contributed by atoms with Crippen LogP contribution in [0.25, 0.3) is 10.2 Å². The summed E-state index contributed by atoms with van der Waals surface area (Å²) in [6, 6.07) is 7.58. The predicted molar refractivity (Wildman–Crippen MR) is 97.7 cm³/mol. The summed E-state index contributed by atoms with van der Waals surface area (Å²) in [5.41, 5.74) is 1.01. The van der Waals surface area contributed by atoms with Crippen LogP contribution in [0, 0.1) is 0 Å². The first-order valence-electron chi connectivity index (χ1n) is 8.83. The van der Waals surface area contributed by atoms with Gasteiger partial charge >= 0.3 is 17.8 Å². The third kappa shape index (κ3) is 2.89. The number of fused-ring (bicyclic) bond motifs is 1. The van der Waals surface area contributed by atoms with Crippen LogP contribution in [0.15, 0.2) is 24.3 Å². The molecule has 0 aliphatic carbocycles. The molecule has 2 saturated heterocycles. The van der Waals surface area contributed by atoms with Crippen LogP contribution >= 0.6 is 11.3 Å². The number of para-hydroxylation sites is 1. The molecule has 0 bridgehead atoms. The van der Waals surface area contributed by atoms with E-state index >= 15 is 0 Å². The van der Waals surface area contributed by atoms with Gasteiger partial charge in [0, 0.05) is 19.0 Å². The molecule has 4 rings (SSSR count). The quantitative estimate of drug-likeness (QED) is 0.608. The Hall–Kier alpha value is -2.32. The van der Waals surface area contributed by atoms with Crippen LogP contribution in [-0.4, -0.2) is 63.8 Å². The summed E-state index contributed by atoms with van der Waals surface area (Å²) in [5, 5.41) is 1.10. The van der Waals surface area contributed by atoms with Crippen LogP contribution in [0.1, 0.15) is 30.7 Å². The van der Waals surface area contributed by atoms with Crippen LogP contribution in [-0.2, 0) is 9.59 Å². The Morgan fingerprint density at radius 2 is 1.92 bits per heavy atom. The van der Waals surface area contributed by atoms with Gasteiger partial charge in [0.2, 0.25) is 0 Å². The van der Waals surface area contributed by atoms with E-state index in [1.807, 2.05) is 18.2 Å². The molecule has 4 amide bonds. The van der Waals surface area contributed by atoms with Gasteiger partial charge in [-0.1, -0.05) is 12.1 Å². The molecule has 2 aliphatic heterocycles. The Kier molecular flexibility index (Phi) is 4.46. The van der Waals surface area contributed by atoms with E-state index in [1.165, 1.54) is 4.70 Å². The predicted octanol–water partition coefficient (Wildman–Crippen LogP) is 2.24. The number of carbonyl (C=O) groups excluding carboxylic acids is 3. The van der Waals surface area contributed by atoms with Gasteiger partial charge in [-0.15, -0.1) is 11.3 Å². The van der Waals surface area contributed by atoms with Crippen LogP contribution in [0.2, 0.25) is 0 Å². The maximum atomic E-state index is 12.3. The highest BCUT2D eigenvalue weighted by Gasteiger charge is 2.44. The summed E-state index contributed by atoms with van der Waals surface area (Å²) < 4.78 is 1.17. The topological polar surface area (TPSA) is 73.8 Å². The van der Waals surface area contributed by atoms with Gasteiger partial charge in [-0.25, -0.2) is 14.7 Å². The fraction of sp³-hybridized carbons (Fsp3) is 0.444. The molecule has 1 aromatic carbocycles. The number of likely N-dealkylation sites (N-methyl/N-ethyl adjacent to an activating group) is 1. The van der Waals surface area contributed by atoms with Crippen molar-refractivity contribution in [3.8, 4) is 0 Å². The number of urea groups is 1. The third-order valence-electron chi connectivity index (χ3n) is 4.96. The lowest BCUT2D eigenvalue weighted by Crippen LogP contribution is -2.45. The number of imide groups is 2. The number of hydrogen-bond donors (Lipinski definition) is 0. The fourth-order valence-electron chi connectivity index (χ4n) is 3.60. The lowest BCUT2D eigenvalue weighted by molar-refractivity contribution is -0.144. The Morgan fingerprint density at radius 3 is 2.65 bits per heavy atom. The number of piperidine rings is 1. The summed E-state index contributed by atoms with van der Waals surface area (Å²) in [5.74, 6) is -1.16. The molecule has 0 unspecified atom stereocenters. The van der Waals surface area contributed by atoms with Crippen LogP contribution in [0.4, 0.5) is 4.79 Å². The van der Waals surface area contributed by atoms with Gasteiger partial charge in [-0.2, -0.15) is 0 Å². The summed E-state index contributed by atoms with van der Waals surface area (Å²) in [4.78, 5) is 45.1. The SMILES string of the molecule is CCN1C(=O)C(=O)N(CN2CCC[C@@H](c3nc4ccccc4s3)C2)C1=O. The van der Waals surface area contributed by atoms with Crippen molar-refractivity contribution in [1.82, 2.24) is 19.7 Å². The molecule has 26 heavy (non-hydrogen) atoms. The fourth-order valence-corrected chi connectivity index (χ4v) is 4.70. The lowest BCUT2D eigenvalue weighted by Gasteiger charge is -2.33. The number of rotatable bonds is 4. The zero-order valence-electron chi connectivity index (χ0n) is 14.6. The second-order valence-electron chi connectivity index (χ2n) is 6.64. The van der Waals surface area contributed by atoms with Crippen molar-refractivity contribution in [3.63, 3.8) is 0 Å². The van der Waals surface area contributed by atoms with Gasteiger partial charge in [-0.3, -0.25) is 19.4 Å². The number of hydrogen-bond acceptors (Lipinski definition) is 6. The molecule has 8 heteroatoms. The number of carbonyl (C=O) groups is 3. The van der Waals surface area contributed by atoms with E-state index in [-0.39, 0.29) is 19.1 Å². The van der Waals surface area contributed by atoms with Crippen LogP contribution in [0.3, 0.4) is 0 Å². The maximum absolute atomic E-state index is 12.3. The van der Waals surface area contributed by atoms with Gasteiger partial charge in [0.05, 0.1) is 21.9 Å². The third-order valence-corrected chi connectivity index (χ3v) is 6.16. The van der Waals surface area contributed by atoms with Crippen molar-refractivity contribution >= 4 is 39.4 Å². The molecule has 1 aromatic heterocycles. The molecular weight excluding hydrogens is 352 g/mol. The number of aromatic nitrogens is 1. The van der Waals surface area contributed by atoms with E-state index in [0.717, 1.165) is 46.3 Å². The highest BCUT2D eigenvalue weighted by Crippen LogP contribution is 2.33. The summed E-state index contributed by atoms with van der Waals surface area (Å²) in [6.45, 7) is 3.61. The van der Waals surface area contributed by atoms with Crippen molar-refractivity contribution < 1.29 is 14.4 Å². The van der Waals surface area contributed by atoms with E-state index in [1.54, 1.807) is 18.3 Å². The Morgan fingerprint density at radius 1 is 1.15 bits per heavy atom. The molecule has 7 nitrogen and oxygen atoms in total. The Bertz CT molecular complexity index is 847. The van der Waals surface area contributed by atoms with E-state index in [9.17, 15) is 14.4 Å². The van der Waals surface area contributed by atoms with E-state index in [4.69, 9.17) is 4.98 Å². The second-order valence-corrected chi connectivity index (χ2v) is 7.70. The summed E-state index contributed by atoms with van der Waals surface area (Å²) in [7, 11) is 0. The van der Waals surface area contributed by atoms with Crippen molar-refractivity contribution in [2.45, 2.75) is 25.7 Å². The molecule has 136 valence electrons. The Balaban J connectivity index is 1.48. The lowest BCUT2D eigenvalue weighted by atomic mass is 9.99. The monoisotopic (exact) mass is 372 g/mol. The second kappa shape index (κ2) is 6.77. The van der Waals surface area contributed by atoms with E-state index < -0.39 is 17.8 Å². The molecule has 0 radical (unpaired) electrons. The van der Waals surface area contributed by atoms with Gasteiger partial charge in [0.1, 0.15) is 0 Å². The summed E-state index contributed by atoms with van der Waals surface area (Å²) >= 11 is 1.71. The molecule has 2 aliphatic rings. The van der Waals surface area contributed by atoms with Gasteiger partial charge in [0.25, 0.3) is 0 Å². The van der Waals surface area contributed by atoms with Crippen molar-refractivity contribution in [3.05, 3.63) is 29.3 Å². The number of amides is 4. The number of nitrogens with zero attached hydrogens (tertiary/aromatic N) is 4. The highest BCUT2D eigenvalue weighted by atomic mass is 32.1. The van der Waals surface area contributed by atoms with Crippen molar-refractivity contribution in [2.24, 2.45) is 0 Å². The van der Waals surface area contributed by atoms with Crippen LogP contribution in [0.5, 0.6) is 0 Å². The molecular formula is C18H20N4O3S. The smallest absolute Gasteiger partial charge is 0.285 e. The number of benzene rings is 1. The number of likely N-dealkylation sites (tertiary alicyclic amines) is 1. The van der Waals surface area contributed by atoms with Crippen LogP contribution < -0.4 is 0 Å². The molecule has 0 N–H and O–H groups in total. The normalized spacial score (nSPS) is 22.0. The first-order chi connectivity index (χ1) is 12.6. The summed E-state index contributed by atoms with van der Waals surface area (Å²) in [6.07, 6.45) is 2.01. The molecule has 1 atom stereocenters. The van der Waals surface area contributed by atoms with Crippen molar-refractivity contribution in [2.75, 3.05) is 26.3 Å². The average Bonchev–Trinajstić information content (AvgIpc) is 3.17. The Labute approximate surface area is 155 Å². The highest BCUT2D eigenvalue weighted by molar-refractivity contribution is 7.18.